The molecule has 1 N–H and O–H groups in total. The number of carbonyl (C=O) groups is 1. The molecule has 1 unspecified atom stereocenters. The normalized spacial score (nSPS) is 13.4. The Bertz CT molecular complexity index is 925. The van der Waals surface area contributed by atoms with Gasteiger partial charge in [-0.2, -0.15) is 0 Å². The Morgan fingerprint density at radius 2 is 2.17 bits per heavy atom. The van der Waals surface area contributed by atoms with Gasteiger partial charge in [0.05, 0.1) is 22.4 Å². The predicted octanol–water partition coefficient (Wildman–Crippen LogP) is 5.23. The summed E-state index contributed by atoms with van der Waals surface area (Å²) in [5.41, 5.74) is 3.60. The highest BCUT2D eigenvalue weighted by molar-refractivity contribution is 7.17. The fourth-order valence-corrected chi connectivity index (χ4v) is 3.24. The first-order valence-corrected chi connectivity index (χ1v) is 8.93. The number of anilines is 1. The van der Waals surface area contributed by atoms with Gasteiger partial charge in [0.1, 0.15) is 5.52 Å². The molecule has 1 amide bonds. The Hall–Kier alpha value is -1.21. The summed E-state index contributed by atoms with van der Waals surface area (Å²) in [7, 11) is 0. The topological polar surface area (TPSA) is 54.9 Å². The molecule has 2 heterocycles. The van der Waals surface area contributed by atoms with Gasteiger partial charge in [0.15, 0.2) is 5.82 Å². The Morgan fingerprint density at radius 3 is 2.83 bits per heavy atom. The van der Waals surface area contributed by atoms with E-state index in [-0.39, 0.29) is 11.7 Å². The van der Waals surface area contributed by atoms with Crippen LogP contribution in [0.4, 0.5) is 10.2 Å². The minimum Gasteiger partial charge on any atom is -0.305 e. The number of alkyl halides is 4. The molecule has 1 aromatic carbocycles. The van der Waals surface area contributed by atoms with Crippen molar-refractivity contribution >= 4 is 79.0 Å². The second-order valence-electron chi connectivity index (χ2n) is 5.27. The fraction of sp³-hybridized carbons (Fsp3) is 0.267. The fourth-order valence-electron chi connectivity index (χ4n) is 2.27. The molecule has 1 atom stereocenters. The third kappa shape index (κ3) is 3.28. The predicted molar refractivity (Wildman–Crippen MR) is 98.2 cm³/mol. The summed E-state index contributed by atoms with van der Waals surface area (Å²) < 4.78 is 11.7. The van der Waals surface area contributed by atoms with Crippen LogP contribution in [0.25, 0.3) is 21.1 Å². The maximum absolute atomic E-state index is 12.9. The van der Waals surface area contributed by atoms with Gasteiger partial charge in [-0.25, -0.2) is 9.97 Å². The lowest BCUT2D eigenvalue weighted by molar-refractivity contribution is -0.115. The van der Waals surface area contributed by atoms with E-state index in [1.165, 1.54) is 11.3 Å². The van der Waals surface area contributed by atoms with Crippen molar-refractivity contribution in [3.05, 3.63) is 29.3 Å². The second kappa shape index (κ2) is 6.59. The molecule has 2 aromatic heterocycles. The van der Waals surface area contributed by atoms with Gasteiger partial charge in [-0.3, -0.25) is 9.18 Å². The number of hydrogen-bond donors (Lipinski definition) is 1. The molecule has 0 fully saturated rings. The SMILES string of the molecule is CC(CF)c1ccc2c(c1)nc(NC(=O)C(Cl)(Cl)Cl)c1ncsc12. The van der Waals surface area contributed by atoms with Gasteiger partial charge in [-0.05, 0) is 11.6 Å². The van der Waals surface area contributed by atoms with Crippen LogP contribution in [-0.2, 0) is 4.79 Å². The number of amides is 1. The summed E-state index contributed by atoms with van der Waals surface area (Å²) in [5.74, 6) is -0.852. The van der Waals surface area contributed by atoms with E-state index in [2.05, 4.69) is 15.3 Å². The highest BCUT2D eigenvalue weighted by Gasteiger charge is 2.31. The Labute approximate surface area is 155 Å². The summed E-state index contributed by atoms with van der Waals surface area (Å²) in [6, 6.07) is 5.54. The molecule has 0 aliphatic carbocycles. The summed E-state index contributed by atoms with van der Waals surface area (Å²) in [6.07, 6.45) is 0. The monoisotopic (exact) mass is 405 g/mol. The second-order valence-corrected chi connectivity index (χ2v) is 8.41. The number of pyridine rings is 1. The molecular weight excluding hydrogens is 396 g/mol. The number of halogens is 4. The van der Waals surface area contributed by atoms with E-state index < -0.39 is 16.4 Å². The van der Waals surface area contributed by atoms with Gasteiger partial charge in [0.25, 0.3) is 9.70 Å². The van der Waals surface area contributed by atoms with Crippen LogP contribution in [0.2, 0.25) is 0 Å². The van der Waals surface area contributed by atoms with E-state index in [0.29, 0.717) is 11.0 Å². The number of hydrogen-bond acceptors (Lipinski definition) is 4. The maximum Gasteiger partial charge on any atom is 0.277 e. The van der Waals surface area contributed by atoms with Crippen LogP contribution < -0.4 is 5.32 Å². The van der Waals surface area contributed by atoms with Crippen LogP contribution in [0.1, 0.15) is 18.4 Å². The smallest absolute Gasteiger partial charge is 0.277 e. The lowest BCUT2D eigenvalue weighted by Gasteiger charge is -2.13. The molecule has 24 heavy (non-hydrogen) atoms. The zero-order valence-electron chi connectivity index (χ0n) is 12.3. The number of fused-ring (bicyclic) bond motifs is 3. The third-order valence-electron chi connectivity index (χ3n) is 3.58. The Kier molecular flexibility index (Phi) is 4.84. The van der Waals surface area contributed by atoms with Gasteiger partial charge in [0, 0.05) is 11.3 Å². The minimum absolute atomic E-state index is 0.208. The van der Waals surface area contributed by atoms with Crippen LogP contribution in [0.5, 0.6) is 0 Å². The van der Waals surface area contributed by atoms with Crippen LogP contribution in [0.15, 0.2) is 23.7 Å². The summed E-state index contributed by atoms with van der Waals surface area (Å²) in [5, 5.41) is 3.36. The van der Waals surface area contributed by atoms with Gasteiger partial charge in [-0.1, -0.05) is 53.9 Å². The van der Waals surface area contributed by atoms with E-state index in [1.807, 2.05) is 12.1 Å². The average molecular weight is 407 g/mol. The van der Waals surface area contributed by atoms with Gasteiger partial charge >= 0.3 is 0 Å². The van der Waals surface area contributed by atoms with E-state index in [1.54, 1.807) is 18.5 Å². The van der Waals surface area contributed by atoms with Crippen molar-refractivity contribution in [2.24, 2.45) is 0 Å². The number of aromatic nitrogens is 2. The average Bonchev–Trinajstić information content (AvgIpc) is 3.02. The van der Waals surface area contributed by atoms with Gasteiger partial charge in [0.2, 0.25) is 0 Å². The number of nitrogens with one attached hydrogen (secondary N) is 1. The molecule has 9 heteroatoms. The largest absolute Gasteiger partial charge is 0.305 e. The van der Waals surface area contributed by atoms with E-state index >= 15 is 0 Å². The zero-order chi connectivity index (χ0) is 17.5. The van der Waals surface area contributed by atoms with Crippen molar-refractivity contribution in [1.29, 1.82) is 0 Å². The van der Waals surface area contributed by atoms with Crippen molar-refractivity contribution < 1.29 is 9.18 Å². The maximum atomic E-state index is 12.9. The van der Waals surface area contributed by atoms with Gasteiger partial charge < -0.3 is 5.32 Å². The number of nitrogens with zero attached hydrogens (tertiary/aromatic N) is 2. The van der Waals surface area contributed by atoms with Crippen molar-refractivity contribution in [3.63, 3.8) is 0 Å². The van der Waals surface area contributed by atoms with Crippen LogP contribution >= 0.6 is 46.1 Å². The lowest BCUT2D eigenvalue weighted by Crippen LogP contribution is -2.27. The quantitative estimate of drug-likeness (QED) is 0.606. The molecule has 4 nitrogen and oxygen atoms in total. The van der Waals surface area contributed by atoms with Crippen molar-refractivity contribution in [1.82, 2.24) is 9.97 Å². The van der Waals surface area contributed by atoms with Crippen molar-refractivity contribution in [2.75, 3.05) is 12.0 Å². The standard InChI is InChI=1S/C15H11Cl3FN3OS/c1-7(5-19)8-2-3-9-10(4-8)21-13(11-12(9)24-6-20-11)22-14(23)15(16,17)18/h2-4,6-7H,5H2,1H3,(H,21,22,23). The first kappa shape index (κ1) is 17.6. The molecule has 0 radical (unpaired) electrons. The molecule has 3 aromatic rings. The molecule has 0 aliphatic heterocycles. The molecule has 3 rings (SSSR count). The van der Waals surface area contributed by atoms with Crippen molar-refractivity contribution in [3.8, 4) is 0 Å². The van der Waals surface area contributed by atoms with E-state index in [9.17, 15) is 9.18 Å². The van der Waals surface area contributed by atoms with E-state index in [4.69, 9.17) is 34.8 Å². The van der Waals surface area contributed by atoms with E-state index in [0.717, 1.165) is 15.6 Å². The molecule has 0 aliphatic rings. The number of benzene rings is 1. The molecule has 0 saturated carbocycles. The highest BCUT2D eigenvalue weighted by atomic mass is 35.6. The molecular formula is C15H11Cl3FN3OS. The summed E-state index contributed by atoms with van der Waals surface area (Å²) in [4.78, 5) is 20.6. The Balaban J connectivity index is 2.16. The highest BCUT2D eigenvalue weighted by Crippen LogP contribution is 2.34. The molecule has 126 valence electrons. The van der Waals surface area contributed by atoms with Crippen LogP contribution in [-0.4, -0.2) is 26.3 Å². The number of carbonyl (C=O) groups excluding carboxylic acids is 1. The zero-order valence-corrected chi connectivity index (χ0v) is 15.4. The summed E-state index contributed by atoms with van der Waals surface area (Å²) in [6.45, 7) is 1.32. The molecule has 0 spiro atoms. The third-order valence-corrected chi connectivity index (χ3v) is 4.96. The summed E-state index contributed by atoms with van der Waals surface area (Å²) >= 11 is 18.2. The van der Waals surface area contributed by atoms with Gasteiger partial charge in [-0.15, -0.1) is 11.3 Å². The Morgan fingerprint density at radius 1 is 1.42 bits per heavy atom. The molecule has 0 bridgehead atoms. The lowest BCUT2D eigenvalue weighted by atomic mass is 10.0. The first-order chi connectivity index (χ1) is 11.3. The minimum atomic E-state index is -2.11. The van der Waals surface area contributed by atoms with Crippen LogP contribution in [0.3, 0.4) is 0 Å². The first-order valence-electron chi connectivity index (χ1n) is 6.92. The van der Waals surface area contributed by atoms with Crippen LogP contribution in [0, 0.1) is 0 Å². The number of rotatable bonds is 3. The number of thiazole rings is 1. The van der Waals surface area contributed by atoms with Crippen molar-refractivity contribution in [2.45, 2.75) is 16.6 Å². The molecule has 0 saturated heterocycles.